The van der Waals surface area contributed by atoms with E-state index >= 15 is 0 Å². The summed E-state index contributed by atoms with van der Waals surface area (Å²) in [6.07, 6.45) is 2.38. The normalized spacial score (nSPS) is 25.0. The van der Waals surface area contributed by atoms with Crippen molar-refractivity contribution in [1.29, 1.82) is 0 Å². The van der Waals surface area contributed by atoms with Crippen molar-refractivity contribution in [3.05, 3.63) is 35.0 Å². The number of benzene rings is 1. The van der Waals surface area contributed by atoms with Crippen LogP contribution in [0.3, 0.4) is 0 Å². The third-order valence-corrected chi connectivity index (χ3v) is 6.50. The van der Waals surface area contributed by atoms with Gasteiger partial charge in [0.2, 0.25) is 0 Å². The number of amides is 1. The first-order valence-electron chi connectivity index (χ1n) is 8.79. The molecule has 0 saturated carbocycles. The third-order valence-electron chi connectivity index (χ3n) is 5.30. The van der Waals surface area contributed by atoms with Crippen LogP contribution in [-0.4, -0.2) is 48.6 Å². The van der Waals surface area contributed by atoms with Gasteiger partial charge in [-0.25, -0.2) is 4.98 Å². The van der Waals surface area contributed by atoms with Gasteiger partial charge in [0.05, 0.1) is 17.7 Å². The van der Waals surface area contributed by atoms with Crippen LogP contribution in [0.1, 0.15) is 28.3 Å². The first kappa shape index (κ1) is 16.5. The SMILES string of the molecule is COc1cccc(-c2sc(C(=O)N[C@H]3CN4CCC3CC4)nc2C)c1. The maximum absolute atomic E-state index is 12.7. The Morgan fingerprint density at radius 2 is 2.16 bits per heavy atom. The summed E-state index contributed by atoms with van der Waals surface area (Å²) in [5, 5.41) is 3.77. The third kappa shape index (κ3) is 3.28. The van der Waals surface area contributed by atoms with Crippen LogP contribution in [0.4, 0.5) is 0 Å². The molecule has 5 rings (SSSR count). The zero-order chi connectivity index (χ0) is 17.4. The summed E-state index contributed by atoms with van der Waals surface area (Å²) in [5.41, 5.74) is 1.92. The van der Waals surface area contributed by atoms with Crippen molar-refractivity contribution in [2.75, 3.05) is 26.7 Å². The van der Waals surface area contributed by atoms with Crippen molar-refractivity contribution >= 4 is 17.2 Å². The Morgan fingerprint density at radius 3 is 2.84 bits per heavy atom. The highest BCUT2D eigenvalue weighted by atomic mass is 32.1. The Balaban J connectivity index is 1.52. The molecule has 3 aliphatic heterocycles. The molecule has 1 aromatic carbocycles. The molecule has 1 aromatic heterocycles. The van der Waals surface area contributed by atoms with E-state index in [9.17, 15) is 4.79 Å². The Bertz CT molecular complexity index is 781. The van der Waals surface area contributed by atoms with Gasteiger partial charge in [-0.3, -0.25) is 4.79 Å². The van der Waals surface area contributed by atoms with Crippen LogP contribution in [0.15, 0.2) is 24.3 Å². The van der Waals surface area contributed by atoms with Gasteiger partial charge >= 0.3 is 0 Å². The predicted molar refractivity (Wildman–Crippen MR) is 99.3 cm³/mol. The van der Waals surface area contributed by atoms with Crippen LogP contribution in [0.25, 0.3) is 10.4 Å². The highest BCUT2D eigenvalue weighted by molar-refractivity contribution is 7.17. The number of fused-ring (bicyclic) bond motifs is 3. The molecule has 0 radical (unpaired) electrons. The van der Waals surface area contributed by atoms with Crippen LogP contribution in [-0.2, 0) is 0 Å². The van der Waals surface area contributed by atoms with Gasteiger partial charge in [0.25, 0.3) is 5.91 Å². The van der Waals surface area contributed by atoms with E-state index < -0.39 is 0 Å². The second-order valence-corrected chi connectivity index (χ2v) is 7.88. The topological polar surface area (TPSA) is 54.5 Å². The van der Waals surface area contributed by atoms with Gasteiger partial charge in [0.15, 0.2) is 5.01 Å². The lowest BCUT2D eigenvalue weighted by atomic mass is 9.84. The first-order valence-corrected chi connectivity index (χ1v) is 9.61. The summed E-state index contributed by atoms with van der Waals surface area (Å²) < 4.78 is 5.30. The molecule has 0 aliphatic carbocycles. The highest BCUT2D eigenvalue weighted by Crippen LogP contribution is 2.33. The summed E-state index contributed by atoms with van der Waals surface area (Å²) in [6.45, 7) is 5.28. The lowest BCUT2D eigenvalue weighted by molar-refractivity contribution is 0.0620. The number of hydrogen-bond donors (Lipinski definition) is 1. The molecule has 132 valence electrons. The van der Waals surface area contributed by atoms with E-state index in [-0.39, 0.29) is 11.9 Å². The number of nitrogens with zero attached hydrogens (tertiary/aromatic N) is 2. The minimum absolute atomic E-state index is 0.0407. The number of hydrogen-bond acceptors (Lipinski definition) is 5. The van der Waals surface area contributed by atoms with Gasteiger partial charge in [-0.1, -0.05) is 12.1 Å². The van der Waals surface area contributed by atoms with E-state index in [2.05, 4.69) is 15.2 Å². The number of carbonyl (C=O) groups excluding carboxylic acids is 1. The molecule has 0 spiro atoms. The molecule has 0 unspecified atom stereocenters. The smallest absolute Gasteiger partial charge is 0.280 e. The first-order chi connectivity index (χ1) is 12.1. The molecule has 6 heteroatoms. The number of methoxy groups -OCH3 is 1. The maximum atomic E-state index is 12.7. The molecule has 3 aliphatic rings. The summed E-state index contributed by atoms with van der Waals surface area (Å²) in [6, 6.07) is 8.15. The minimum atomic E-state index is -0.0407. The largest absolute Gasteiger partial charge is 0.497 e. The second-order valence-electron chi connectivity index (χ2n) is 6.88. The Kier molecular flexibility index (Phi) is 4.48. The van der Waals surface area contributed by atoms with Gasteiger partial charge in [-0.05, 0) is 56.5 Å². The van der Waals surface area contributed by atoms with Gasteiger partial charge < -0.3 is 15.0 Å². The molecule has 1 N–H and O–H groups in total. The molecule has 1 amide bonds. The van der Waals surface area contributed by atoms with E-state index in [4.69, 9.17) is 4.74 Å². The number of rotatable bonds is 4. The molecule has 2 bridgehead atoms. The van der Waals surface area contributed by atoms with E-state index in [0.717, 1.165) is 28.4 Å². The summed E-state index contributed by atoms with van der Waals surface area (Å²) in [4.78, 5) is 20.7. The average Bonchev–Trinajstić information content (AvgIpc) is 3.05. The number of aromatic nitrogens is 1. The van der Waals surface area contributed by atoms with Crippen molar-refractivity contribution < 1.29 is 9.53 Å². The Labute approximate surface area is 152 Å². The van der Waals surface area contributed by atoms with E-state index in [1.807, 2.05) is 31.2 Å². The van der Waals surface area contributed by atoms with Gasteiger partial charge in [-0.15, -0.1) is 11.3 Å². The number of thiazole rings is 1. The van der Waals surface area contributed by atoms with Crippen molar-refractivity contribution in [3.8, 4) is 16.2 Å². The zero-order valence-electron chi connectivity index (χ0n) is 14.6. The molecule has 3 fully saturated rings. The van der Waals surface area contributed by atoms with E-state index in [1.165, 1.54) is 37.3 Å². The van der Waals surface area contributed by atoms with Crippen LogP contribution in [0.5, 0.6) is 5.75 Å². The Hall–Kier alpha value is -1.92. The van der Waals surface area contributed by atoms with Crippen molar-refractivity contribution in [3.63, 3.8) is 0 Å². The number of aryl methyl sites for hydroxylation is 1. The second kappa shape index (κ2) is 6.77. The molecule has 25 heavy (non-hydrogen) atoms. The van der Waals surface area contributed by atoms with Crippen molar-refractivity contribution in [2.24, 2.45) is 5.92 Å². The molecule has 2 aromatic rings. The Morgan fingerprint density at radius 1 is 1.36 bits per heavy atom. The lowest BCUT2D eigenvalue weighted by Crippen LogP contribution is -2.57. The van der Waals surface area contributed by atoms with Crippen molar-refractivity contribution in [1.82, 2.24) is 15.2 Å². The molecule has 4 heterocycles. The fourth-order valence-corrected chi connectivity index (χ4v) is 4.85. The van der Waals surface area contributed by atoms with E-state index in [1.54, 1.807) is 7.11 Å². The van der Waals surface area contributed by atoms with Gasteiger partial charge in [0.1, 0.15) is 5.75 Å². The summed E-state index contributed by atoms with van der Waals surface area (Å²) in [5.74, 6) is 1.39. The molecular formula is C19H23N3O2S. The minimum Gasteiger partial charge on any atom is -0.497 e. The van der Waals surface area contributed by atoms with Crippen LogP contribution in [0, 0.1) is 12.8 Å². The number of ether oxygens (including phenoxy) is 1. The fourth-order valence-electron chi connectivity index (χ4n) is 3.88. The average molecular weight is 357 g/mol. The number of piperidine rings is 3. The van der Waals surface area contributed by atoms with Crippen molar-refractivity contribution in [2.45, 2.75) is 25.8 Å². The predicted octanol–water partition coefficient (Wildman–Crippen LogP) is 2.95. The van der Waals surface area contributed by atoms with Crippen LogP contribution < -0.4 is 10.1 Å². The standard InChI is InChI=1S/C19H23N3O2S/c1-12-17(14-4-3-5-15(10-14)24-2)25-19(20-12)18(23)21-16-11-22-8-6-13(16)7-9-22/h3-5,10,13,16H,6-9,11H2,1-2H3,(H,21,23)/t16-/m0/s1. The van der Waals surface area contributed by atoms with Crippen LogP contribution >= 0.6 is 11.3 Å². The summed E-state index contributed by atoms with van der Waals surface area (Å²) >= 11 is 1.46. The molecule has 1 atom stereocenters. The number of nitrogens with one attached hydrogen (secondary N) is 1. The van der Waals surface area contributed by atoms with Crippen LogP contribution in [0.2, 0.25) is 0 Å². The molecule has 5 nitrogen and oxygen atoms in total. The lowest BCUT2D eigenvalue weighted by Gasteiger charge is -2.44. The number of carbonyl (C=O) groups is 1. The monoisotopic (exact) mass is 357 g/mol. The highest BCUT2D eigenvalue weighted by Gasteiger charge is 2.35. The zero-order valence-corrected chi connectivity index (χ0v) is 15.4. The maximum Gasteiger partial charge on any atom is 0.280 e. The molecular weight excluding hydrogens is 334 g/mol. The van der Waals surface area contributed by atoms with E-state index in [0.29, 0.717) is 10.9 Å². The van der Waals surface area contributed by atoms with Gasteiger partial charge in [-0.2, -0.15) is 0 Å². The fraction of sp³-hybridized carbons (Fsp3) is 0.474. The quantitative estimate of drug-likeness (QED) is 0.914. The van der Waals surface area contributed by atoms with Gasteiger partial charge in [0, 0.05) is 12.6 Å². The summed E-state index contributed by atoms with van der Waals surface area (Å²) in [7, 11) is 1.66. The molecule has 3 saturated heterocycles.